The molecule has 0 atom stereocenters. The van der Waals surface area contributed by atoms with E-state index in [0.29, 0.717) is 21.8 Å². The molecule has 1 amide bonds. The summed E-state index contributed by atoms with van der Waals surface area (Å²) in [5.41, 5.74) is 1.57. The molecule has 0 fully saturated rings. The van der Waals surface area contributed by atoms with Gasteiger partial charge < -0.3 is 5.32 Å². The Labute approximate surface area is 123 Å². The maximum atomic E-state index is 13.0. The van der Waals surface area contributed by atoms with E-state index in [1.54, 1.807) is 25.1 Å². The summed E-state index contributed by atoms with van der Waals surface area (Å²) in [7, 11) is 0. The van der Waals surface area contributed by atoms with Crippen LogP contribution in [0.25, 0.3) is 0 Å². The van der Waals surface area contributed by atoms with Gasteiger partial charge in [-0.1, -0.05) is 11.6 Å². The van der Waals surface area contributed by atoms with Gasteiger partial charge in [-0.3, -0.25) is 4.79 Å². The predicted molar refractivity (Wildman–Crippen MR) is 78.2 cm³/mol. The quantitative estimate of drug-likeness (QED) is 0.834. The number of carbonyl (C=O) groups is 1. The Morgan fingerprint density at radius 1 is 1.26 bits per heavy atom. The zero-order valence-electron chi connectivity index (χ0n) is 10.0. The zero-order chi connectivity index (χ0) is 14.0. The molecular formula is C14H10BrClFNO. The van der Waals surface area contributed by atoms with Crippen molar-refractivity contribution < 1.29 is 9.18 Å². The molecule has 0 saturated heterocycles. The van der Waals surface area contributed by atoms with E-state index >= 15 is 0 Å². The molecule has 0 aliphatic rings. The van der Waals surface area contributed by atoms with Crippen LogP contribution in [0.15, 0.2) is 40.9 Å². The number of nitrogens with one attached hydrogen (secondary N) is 1. The summed E-state index contributed by atoms with van der Waals surface area (Å²) in [5.74, 6) is -0.668. The monoisotopic (exact) mass is 341 g/mol. The molecule has 2 nitrogen and oxygen atoms in total. The summed E-state index contributed by atoms with van der Waals surface area (Å²) >= 11 is 9.20. The Morgan fingerprint density at radius 3 is 2.68 bits per heavy atom. The molecule has 0 aliphatic heterocycles. The first-order valence-corrected chi connectivity index (χ1v) is 6.67. The molecule has 2 aromatic rings. The highest BCUT2D eigenvalue weighted by Gasteiger charge is 2.11. The van der Waals surface area contributed by atoms with Crippen LogP contribution in [0.1, 0.15) is 15.9 Å². The average molecular weight is 343 g/mol. The van der Waals surface area contributed by atoms with E-state index < -0.39 is 0 Å². The second kappa shape index (κ2) is 5.72. The van der Waals surface area contributed by atoms with Crippen LogP contribution in [0.4, 0.5) is 10.1 Å². The molecule has 0 aromatic heterocycles. The van der Waals surface area contributed by atoms with Crippen molar-refractivity contribution in [3.05, 3.63) is 62.8 Å². The topological polar surface area (TPSA) is 29.1 Å². The van der Waals surface area contributed by atoms with Crippen LogP contribution in [0, 0.1) is 12.7 Å². The highest BCUT2D eigenvalue weighted by Crippen LogP contribution is 2.26. The van der Waals surface area contributed by atoms with E-state index in [-0.39, 0.29) is 11.7 Å². The molecule has 0 radical (unpaired) electrons. The number of benzene rings is 2. The molecular weight excluding hydrogens is 333 g/mol. The standard InChI is InChI=1S/C14H10BrClFNO/c1-8-6-10(17)3-4-11(8)14(19)18-13-7-9(16)2-5-12(13)15/h2-7H,1H3,(H,18,19). The molecule has 2 rings (SSSR count). The van der Waals surface area contributed by atoms with Crippen LogP contribution in [0.2, 0.25) is 5.02 Å². The predicted octanol–water partition coefficient (Wildman–Crippen LogP) is 4.80. The summed E-state index contributed by atoms with van der Waals surface area (Å²) in [6.07, 6.45) is 0. The summed E-state index contributed by atoms with van der Waals surface area (Å²) in [6, 6.07) is 9.14. The third kappa shape index (κ3) is 3.33. The Hall–Kier alpha value is -1.39. The lowest BCUT2D eigenvalue weighted by atomic mass is 10.1. The fraction of sp³-hybridized carbons (Fsp3) is 0.0714. The van der Waals surface area contributed by atoms with Crippen LogP contribution in [0.3, 0.4) is 0 Å². The van der Waals surface area contributed by atoms with E-state index in [1.807, 2.05) is 0 Å². The van der Waals surface area contributed by atoms with Crippen molar-refractivity contribution in [3.63, 3.8) is 0 Å². The van der Waals surface area contributed by atoms with E-state index in [4.69, 9.17) is 11.6 Å². The van der Waals surface area contributed by atoms with Gasteiger partial charge in [-0.2, -0.15) is 0 Å². The van der Waals surface area contributed by atoms with Crippen molar-refractivity contribution in [1.82, 2.24) is 0 Å². The first-order chi connectivity index (χ1) is 8.97. The van der Waals surface area contributed by atoms with Gasteiger partial charge in [0.1, 0.15) is 5.82 Å². The van der Waals surface area contributed by atoms with Crippen molar-refractivity contribution in [1.29, 1.82) is 0 Å². The molecule has 1 N–H and O–H groups in total. The van der Waals surface area contributed by atoms with Crippen LogP contribution >= 0.6 is 27.5 Å². The van der Waals surface area contributed by atoms with Gasteiger partial charge in [0.2, 0.25) is 0 Å². The minimum atomic E-state index is -0.363. The first-order valence-electron chi connectivity index (χ1n) is 5.50. The molecule has 0 unspecified atom stereocenters. The number of aryl methyl sites for hydroxylation is 1. The molecule has 19 heavy (non-hydrogen) atoms. The Morgan fingerprint density at radius 2 is 2.00 bits per heavy atom. The highest BCUT2D eigenvalue weighted by molar-refractivity contribution is 9.10. The molecule has 98 valence electrons. The van der Waals surface area contributed by atoms with Crippen molar-refractivity contribution in [2.45, 2.75) is 6.92 Å². The van der Waals surface area contributed by atoms with E-state index in [2.05, 4.69) is 21.2 Å². The van der Waals surface area contributed by atoms with Gasteiger partial charge in [0.05, 0.1) is 5.69 Å². The SMILES string of the molecule is Cc1cc(F)ccc1C(=O)Nc1cc(Cl)ccc1Br. The zero-order valence-corrected chi connectivity index (χ0v) is 12.3. The van der Waals surface area contributed by atoms with Gasteiger partial charge >= 0.3 is 0 Å². The minimum absolute atomic E-state index is 0.305. The van der Waals surface area contributed by atoms with Gasteiger partial charge in [0.15, 0.2) is 0 Å². The van der Waals surface area contributed by atoms with Crippen molar-refractivity contribution in [3.8, 4) is 0 Å². The smallest absolute Gasteiger partial charge is 0.255 e. The summed E-state index contributed by atoms with van der Waals surface area (Å²) in [5, 5.41) is 3.26. The van der Waals surface area contributed by atoms with Crippen LogP contribution < -0.4 is 5.32 Å². The van der Waals surface area contributed by atoms with E-state index in [1.165, 1.54) is 18.2 Å². The van der Waals surface area contributed by atoms with E-state index in [9.17, 15) is 9.18 Å². The Bertz CT molecular complexity index is 645. The molecule has 0 spiro atoms. The van der Waals surface area contributed by atoms with Crippen molar-refractivity contribution in [2.24, 2.45) is 0 Å². The first kappa shape index (κ1) is 14.0. The fourth-order valence-electron chi connectivity index (χ4n) is 1.66. The van der Waals surface area contributed by atoms with Crippen LogP contribution in [-0.4, -0.2) is 5.91 Å². The van der Waals surface area contributed by atoms with Gasteiger partial charge in [-0.05, 0) is 64.8 Å². The van der Waals surface area contributed by atoms with E-state index in [0.717, 1.165) is 4.47 Å². The largest absolute Gasteiger partial charge is 0.321 e. The maximum Gasteiger partial charge on any atom is 0.255 e. The molecule has 2 aromatic carbocycles. The number of rotatable bonds is 2. The van der Waals surface area contributed by atoms with Gasteiger partial charge in [-0.25, -0.2) is 4.39 Å². The summed E-state index contributed by atoms with van der Waals surface area (Å²) < 4.78 is 13.7. The highest BCUT2D eigenvalue weighted by atomic mass is 79.9. The molecule has 0 bridgehead atoms. The summed E-state index contributed by atoms with van der Waals surface area (Å²) in [6.45, 7) is 1.69. The summed E-state index contributed by atoms with van der Waals surface area (Å²) in [4.78, 5) is 12.1. The van der Waals surface area contributed by atoms with Crippen LogP contribution in [-0.2, 0) is 0 Å². The second-order valence-electron chi connectivity index (χ2n) is 4.04. The third-order valence-electron chi connectivity index (χ3n) is 2.61. The Kier molecular flexibility index (Phi) is 4.22. The van der Waals surface area contributed by atoms with Crippen molar-refractivity contribution >= 4 is 39.1 Å². The molecule has 0 heterocycles. The number of amides is 1. The molecule has 5 heteroatoms. The van der Waals surface area contributed by atoms with Gasteiger partial charge in [0.25, 0.3) is 5.91 Å². The number of halogens is 3. The molecule has 0 aliphatic carbocycles. The number of carbonyl (C=O) groups excluding carboxylic acids is 1. The Balaban J connectivity index is 2.28. The second-order valence-corrected chi connectivity index (χ2v) is 5.33. The number of hydrogen-bond donors (Lipinski definition) is 1. The normalized spacial score (nSPS) is 10.3. The van der Waals surface area contributed by atoms with Crippen molar-refractivity contribution in [2.75, 3.05) is 5.32 Å². The fourth-order valence-corrected chi connectivity index (χ4v) is 2.18. The van der Waals surface area contributed by atoms with Crippen LogP contribution in [0.5, 0.6) is 0 Å². The third-order valence-corrected chi connectivity index (χ3v) is 3.54. The number of hydrogen-bond acceptors (Lipinski definition) is 1. The molecule has 0 saturated carbocycles. The van der Waals surface area contributed by atoms with Gasteiger partial charge in [0, 0.05) is 15.1 Å². The minimum Gasteiger partial charge on any atom is -0.321 e. The number of anilines is 1. The van der Waals surface area contributed by atoms with Gasteiger partial charge in [-0.15, -0.1) is 0 Å². The maximum absolute atomic E-state index is 13.0. The lowest BCUT2D eigenvalue weighted by Gasteiger charge is -2.09. The lowest BCUT2D eigenvalue weighted by molar-refractivity contribution is 0.102. The average Bonchev–Trinajstić information content (AvgIpc) is 2.33. The lowest BCUT2D eigenvalue weighted by Crippen LogP contribution is -2.13.